The molecule has 0 unspecified atom stereocenters. The Kier molecular flexibility index (Phi) is 3.07. The topological polar surface area (TPSA) is 25.8 Å². The van der Waals surface area contributed by atoms with Gasteiger partial charge in [0.15, 0.2) is 0 Å². The monoisotopic (exact) mass is 308 g/mol. The van der Waals surface area contributed by atoms with Gasteiger partial charge in [0.25, 0.3) is 0 Å². The van der Waals surface area contributed by atoms with E-state index in [1.807, 2.05) is 18.2 Å². The summed E-state index contributed by atoms with van der Waals surface area (Å²) in [7, 11) is 0. The van der Waals surface area contributed by atoms with E-state index in [4.69, 9.17) is 23.2 Å². The van der Waals surface area contributed by atoms with Gasteiger partial charge in [0.1, 0.15) is 5.01 Å². The minimum atomic E-state index is 0.251. The fraction of sp³-hybridized carbons (Fsp3) is 0. The average molecular weight is 310 g/mol. The normalized spacial score (nSPS) is 10.5. The number of hydrogen-bond acceptors (Lipinski definition) is 3. The smallest absolute Gasteiger partial charge is 0.204 e. The van der Waals surface area contributed by atoms with Gasteiger partial charge < -0.3 is 0 Å². The SMILES string of the molecule is Clc1nsc(-c2cccc(Br)c2Cl)n1. The molecule has 0 spiro atoms. The number of nitrogens with zero attached hydrogens (tertiary/aromatic N) is 2. The molecule has 0 aliphatic rings. The summed E-state index contributed by atoms with van der Waals surface area (Å²) >= 11 is 16.3. The van der Waals surface area contributed by atoms with Gasteiger partial charge in [0, 0.05) is 10.0 Å². The van der Waals surface area contributed by atoms with Crippen molar-refractivity contribution in [1.82, 2.24) is 9.36 Å². The zero-order valence-electron chi connectivity index (χ0n) is 6.67. The van der Waals surface area contributed by atoms with Crippen LogP contribution in [0.5, 0.6) is 0 Å². The van der Waals surface area contributed by atoms with E-state index >= 15 is 0 Å². The van der Waals surface area contributed by atoms with E-state index in [1.165, 1.54) is 11.5 Å². The van der Waals surface area contributed by atoms with Gasteiger partial charge in [-0.25, -0.2) is 4.98 Å². The van der Waals surface area contributed by atoms with Crippen LogP contribution in [0.1, 0.15) is 0 Å². The molecule has 6 heteroatoms. The molecule has 0 fully saturated rings. The summed E-state index contributed by atoms with van der Waals surface area (Å²) in [5.41, 5.74) is 0.838. The van der Waals surface area contributed by atoms with E-state index in [1.54, 1.807) is 0 Å². The van der Waals surface area contributed by atoms with Crippen LogP contribution in [0.15, 0.2) is 22.7 Å². The highest BCUT2D eigenvalue weighted by molar-refractivity contribution is 9.10. The third-order valence-corrected chi connectivity index (χ3v) is 3.90. The van der Waals surface area contributed by atoms with Crippen molar-refractivity contribution in [2.24, 2.45) is 0 Å². The Balaban J connectivity index is 2.57. The maximum atomic E-state index is 6.09. The van der Waals surface area contributed by atoms with E-state index in [2.05, 4.69) is 25.3 Å². The van der Waals surface area contributed by atoms with Crippen molar-refractivity contribution in [2.75, 3.05) is 0 Å². The fourth-order valence-electron chi connectivity index (χ4n) is 0.984. The Hall–Kier alpha value is -0.160. The van der Waals surface area contributed by atoms with Gasteiger partial charge in [-0.05, 0) is 45.1 Å². The molecule has 2 rings (SSSR count). The van der Waals surface area contributed by atoms with E-state index in [-0.39, 0.29) is 5.28 Å². The Morgan fingerprint density at radius 2 is 2.07 bits per heavy atom. The Labute approximate surface area is 103 Å². The molecule has 2 nitrogen and oxygen atoms in total. The zero-order chi connectivity index (χ0) is 10.1. The van der Waals surface area contributed by atoms with E-state index in [0.717, 1.165) is 15.0 Å². The summed E-state index contributed by atoms with van der Waals surface area (Å²) < 4.78 is 4.72. The first-order valence-electron chi connectivity index (χ1n) is 3.62. The maximum absolute atomic E-state index is 6.09. The number of hydrogen-bond donors (Lipinski definition) is 0. The first kappa shape index (κ1) is 10.4. The summed E-state index contributed by atoms with van der Waals surface area (Å²) in [6.45, 7) is 0. The predicted molar refractivity (Wildman–Crippen MR) is 63.1 cm³/mol. The van der Waals surface area contributed by atoms with Crippen molar-refractivity contribution >= 4 is 50.7 Å². The van der Waals surface area contributed by atoms with Crippen LogP contribution in [0.4, 0.5) is 0 Å². The minimum Gasteiger partial charge on any atom is -0.204 e. The van der Waals surface area contributed by atoms with Gasteiger partial charge >= 0.3 is 0 Å². The average Bonchev–Trinajstić information content (AvgIpc) is 2.57. The van der Waals surface area contributed by atoms with Gasteiger partial charge in [-0.3, -0.25) is 0 Å². The highest BCUT2D eigenvalue weighted by atomic mass is 79.9. The fourth-order valence-corrected chi connectivity index (χ4v) is 2.46. The van der Waals surface area contributed by atoms with Crippen LogP contribution in [0.25, 0.3) is 10.6 Å². The standard InChI is InChI=1S/C8H3BrCl2N2S/c9-5-3-1-2-4(6(5)10)7-12-8(11)13-14-7/h1-3H. The molecule has 0 saturated heterocycles. The van der Waals surface area contributed by atoms with Crippen LogP contribution in [-0.2, 0) is 0 Å². The lowest BCUT2D eigenvalue weighted by Crippen LogP contribution is -1.78. The number of rotatable bonds is 1. The third kappa shape index (κ3) is 1.93. The van der Waals surface area contributed by atoms with Gasteiger partial charge in [-0.1, -0.05) is 23.7 Å². The second-order valence-corrected chi connectivity index (χ2v) is 4.79. The molecule has 0 radical (unpaired) electrons. The molecule has 1 aromatic carbocycles. The molecular weight excluding hydrogens is 307 g/mol. The number of aromatic nitrogens is 2. The molecule has 0 aliphatic carbocycles. The van der Waals surface area contributed by atoms with Crippen LogP contribution in [0.2, 0.25) is 10.3 Å². The first-order chi connectivity index (χ1) is 6.68. The lowest BCUT2D eigenvalue weighted by Gasteiger charge is -2.00. The summed E-state index contributed by atoms with van der Waals surface area (Å²) in [4.78, 5) is 4.05. The highest BCUT2D eigenvalue weighted by Crippen LogP contribution is 2.34. The highest BCUT2D eigenvalue weighted by Gasteiger charge is 2.10. The predicted octanol–water partition coefficient (Wildman–Crippen LogP) is 4.27. The molecule has 0 atom stereocenters. The van der Waals surface area contributed by atoms with Crippen molar-refractivity contribution in [2.45, 2.75) is 0 Å². The van der Waals surface area contributed by atoms with Crippen molar-refractivity contribution in [3.63, 3.8) is 0 Å². The number of benzene rings is 1. The molecular formula is C8H3BrCl2N2S. The van der Waals surface area contributed by atoms with Crippen LogP contribution in [0.3, 0.4) is 0 Å². The van der Waals surface area contributed by atoms with E-state index < -0.39 is 0 Å². The summed E-state index contributed by atoms with van der Waals surface area (Å²) in [6.07, 6.45) is 0. The summed E-state index contributed by atoms with van der Waals surface area (Å²) in [5, 5.41) is 1.60. The van der Waals surface area contributed by atoms with Gasteiger partial charge in [-0.15, -0.1) is 0 Å². The van der Waals surface area contributed by atoms with Crippen molar-refractivity contribution < 1.29 is 0 Å². The van der Waals surface area contributed by atoms with Crippen LogP contribution >= 0.6 is 50.7 Å². The van der Waals surface area contributed by atoms with Crippen LogP contribution < -0.4 is 0 Å². The van der Waals surface area contributed by atoms with E-state index in [9.17, 15) is 0 Å². The van der Waals surface area contributed by atoms with Gasteiger partial charge in [0.2, 0.25) is 5.28 Å². The maximum Gasteiger partial charge on any atom is 0.234 e. The molecule has 1 aromatic heterocycles. The summed E-state index contributed by atoms with van der Waals surface area (Å²) in [6, 6.07) is 5.64. The minimum absolute atomic E-state index is 0.251. The Morgan fingerprint density at radius 3 is 2.71 bits per heavy atom. The number of halogens is 3. The molecule has 0 N–H and O–H groups in total. The lowest BCUT2D eigenvalue weighted by molar-refractivity contribution is 1.33. The largest absolute Gasteiger partial charge is 0.234 e. The first-order valence-corrected chi connectivity index (χ1v) is 5.94. The molecule has 72 valence electrons. The molecule has 0 aliphatic heterocycles. The molecule has 0 saturated carbocycles. The Morgan fingerprint density at radius 1 is 1.29 bits per heavy atom. The van der Waals surface area contributed by atoms with Crippen molar-refractivity contribution in [3.05, 3.63) is 33.0 Å². The van der Waals surface area contributed by atoms with Crippen LogP contribution in [-0.4, -0.2) is 9.36 Å². The molecule has 0 amide bonds. The molecule has 2 aromatic rings. The third-order valence-electron chi connectivity index (χ3n) is 1.58. The quantitative estimate of drug-likeness (QED) is 0.786. The van der Waals surface area contributed by atoms with E-state index in [0.29, 0.717) is 5.02 Å². The lowest BCUT2D eigenvalue weighted by atomic mass is 10.2. The second-order valence-electron chi connectivity index (χ2n) is 2.47. The zero-order valence-corrected chi connectivity index (χ0v) is 10.6. The summed E-state index contributed by atoms with van der Waals surface area (Å²) in [5.74, 6) is 0. The van der Waals surface area contributed by atoms with Crippen molar-refractivity contribution in [1.29, 1.82) is 0 Å². The van der Waals surface area contributed by atoms with Gasteiger partial charge in [0.05, 0.1) is 5.02 Å². The van der Waals surface area contributed by atoms with Gasteiger partial charge in [-0.2, -0.15) is 4.37 Å². The van der Waals surface area contributed by atoms with Crippen molar-refractivity contribution in [3.8, 4) is 10.6 Å². The molecule has 0 bridgehead atoms. The molecule has 14 heavy (non-hydrogen) atoms. The molecule has 1 heterocycles. The van der Waals surface area contributed by atoms with Crippen LogP contribution in [0, 0.1) is 0 Å². The Bertz CT molecular complexity index is 472. The second kappa shape index (κ2) is 4.14.